The number of nitriles is 1. The van der Waals surface area contributed by atoms with E-state index in [0.717, 1.165) is 16.5 Å². The molecule has 0 amide bonds. The molecule has 1 heterocycles. The molecular weight excluding hydrogens is 211 g/mol. The van der Waals surface area contributed by atoms with Crippen molar-refractivity contribution in [3.05, 3.63) is 36.0 Å². The van der Waals surface area contributed by atoms with Gasteiger partial charge in [-0.1, -0.05) is 18.2 Å². The van der Waals surface area contributed by atoms with Crippen LogP contribution < -0.4 is 0 Å². The predicted molar refractivity (Wildman–Crippen MR) is 69.8 cm³/mol. The lowest BCUT2D eigenvalue weighted by Gasteiger charge is -2.13. The second-order valence-electron chi connectivity index (χ2n) is 4.84. The molecular formula is C13H15BN2O. The lowest BCUT2D eigenvalue weighted by molar-refractivity contribution is 0.565. The molecule has 17 heavy (non-hydrogen) atoms. The van der Waals surface area contributed by atoms with Gasteiger partial charge in [-0.2, -0.15) is 5.26 Å². The minimum Gasteiger partial charge on any atom is -0.432 e. The van der Waals surface area contributed by atoms with Crippen molar-refractivity contribution in [2.75, 3.05) is 0 Å². The molecule has 1 aromatic heterocycles. The van der Waals surface area contributed by atoms with Crippen molar-refractivity contribution in [2.45, 2.75) is 26.1 Å². The van der Waals surface area contributed by atoms with E-state index in [1.807, 2.05) is 44.3 Å². The van der Waals surface area contributed by atoms with Crippen LogP contribution in [0.15, 0.2) is 30.5 Å². The van der Waals surface area contributed by atoms with Gasteiger partial charge in [0, 0.05) is 10.9 Å². The van der Waals surface area contributed by atoms with Crippen molar-refractivity contribution in [2.24, 2.45) is 0 Å². The summed E-state index contributed by atoms with van der Waals surface area (Å²) in [6, 6.07) is 10.1. The Morgan fingerprint density at radius 1 is 1.35 bits per heavy atom. The molecule has 0 unspecified atom stereocenters. The standard InChI is InChI=1S/C13H15BN2O/c1-13(2,9-15)11-8-16(14(3)17)12-7-5-4-6-10(11)12/h4-8,17H,1-3H3. The van der Waals surface area contributed by atoms with Crippen LogP contribution in [0.2, 0.25) is 6.82 Å². The number of benzene rings is 1. The van der Waals surface area contributed by atoms with E-state index in [0.29, 0.717) is 0 Å². The number of aromatic nitrogens is 1. The topological polar surface area (TPSA) is 49.0 Å². The highest BCUT2D eigenvalue weighted by Crippen LogP contribution is 2.31. The second-order valence-corrected chi connectivity index (χ2v) is 4.84. The normalized spacial score (nSPS) is 11.5. The maximum Gasteiger partial charge on any atom is 0.413 e. The average Bonchev–Trinajstić information content (AvgIpc) is 2.69. The highest BCUT2D eigenvalue weighted by atomic mass is 16.2. The summed E-state index contributed by atoms with van der Waals surface area (Å²) >= 11 is 0. The quantitative estimate of drug-likeness (QED) is 0.799. The molecule has 0 spiro atoms. The summed E-state index contributed by atoms with van der Waals surface area (Å²) in [5.74, 6) is 0. The molecule has 3 nitrogen and oxygen atoms in total. The first-order valence-corrected chi connectivity index (χ1v) is 5.67. The van der Waals surface area contributed by atoms with Gasteiger partial charge in [0.1, 0.15) is 0 Å². The maximum absolute atomic E-state index is 9.75. The summed E-state index contributed by atoms with van der Waals surface area (Å²) in [5, 5.41) is 20.0. The van der Waals surface area contributed by atoms with Crippen LogP contribution in [0.4, 0.5) is 0 Å². The van der Waals surface area contributed by atoms with E-state index in [9.17, 15) is 10.3 Å². The minimum absolute atomic E-state index is 0.556. The van der Waals surface area contributed by atoms with Gasteiger partial charge < -0.3 is 9.50 Å². The number of hydrogen-bond acceptors (Lipinski definition) is 2. The molecule has 0 atom stereocenters. The third-order valence-corrected chi connectivity index (χ3v) is 3.10. The monoisotopic (exact) mass is 226 g/mol. The molecule has 2 rings (SSSR count). The first-order valence-electron chi connectivity index (χ1n) is 5.67. The van der Waals surface area contributed by atoms with Crippen LogP contribution in [-0.4, -0.2) is 16.6 Å². The number of hydrogen-bond donors (Lipinski definition) is 1. The Labute approximate surface area is 101 Å². The third kappa shape index (κ3) is 1.83. The van der Waals surface area contributed by atoms with E-state index < -0.39 is 12.5 Å². The highest BCUT2D eigenvalue weighted by molar-refractivity contribution is 6.48. The zero-order chi connectivity index (χ0) is 12.6. The van der Waals surface area contributed by atoms with Crippen molar-refractivity contribution < 1.29 is 5.02 Å². The Morgan fingerprint density at radius 3 is 2.59 bits per heavy atom. The molecule has 4 heteroatoms. The predicted octanol–water partition coefficient (Wildman–Crippen LogP) is 2.40. The van der Waals surface area contributed by atoms with Crippen molar-refractivity contribution >= 4 is 18.0 Å². The molecule has 1 N–H and O–H groups in total. The molecule has 0 aliphatic heterocycles. The molecule has 1 aromatic carbocycles. The Hall–Kier alpha value is -1.73. The maximum atomic E-state index is 9.75. The van der Waals surface area contributed by atoms with E-state index in [1.54, 1.807) is 11.3 Å². The summed E-state index contributed by atoms with van der Waals surface area (Å²) in [7, 11) is -0.594. The SMILES string of the molecule is CB(O)n1cc(C(C)(C)C#N)c2ccccc21. The molecule has 0 saturated heterocycles. The number of fused-ring (bicyclic) bond motifs is 1. The summed E-state index contributed by atoms with van der Waals surface area (Å²) in [4.78, 5) is 0. The van der Waals surface area contributed by atoms with E-state index in [2.05, 4.69) is 6.07 Å². The Bertz CT molecular complexity index is 593. The zero-order valence-corrected chi connectivity index (χ0v) is 10.3. The lowest BCUT2D eigenvalue weighted by atomic mass is 9.86. The van der Waals surface area contributed by atoms with Gasteiger partial charge in [0.05, 0.1) is 11.5 Å². The molecule has 0 saturated carbocycles. The minimum atomic E-state index is -0.594. The van der Waals surface area contributed by atoms with E-state index in [4.69, 9.17) is 0 Å². The van der Waals surface area contributed by atoms with Crippen LogP contribution in [-0.2, 0) is 5.41 Å². The van der Waals surface area contributed by atoms with Crippen molar-refractivity contribution in [3.63, 3.8) is 0 Å². The van der Waals surface area contributed by atoms with Gasteiger partial charge >= 0.3 is 7.05 Å². The van der Waals surface area contributed by atoms with Gasteiger partial charge in [0.25, 0.3) is 0 Å². The van der Waals surface area contributed by atoms with Crippen LogP contribution in [0.1, 0.15) is 19.4 Å². The van der Waals surface area contributed by atoms with Crippen LogP contribution in [0, 0.1) is 11.3 Å². The fourth-order valence-corrected chi connectivity index (χ4v) is 2.07. The first kappa shape index (κ1) is 11.8. The number of rotatable bonds is 2. The summed E-state index contributed by atoms with van der Waals surface area (Å²) < 4.78 is 1.80. The summed E-state index contributed by atoms with van der Waals surface area (Å²) in [5.41, 5.74) is 1.36. The fourth-order valence-electron chi connectivity index (χ4n) is 2.07. The average molecular weight is 226 g/mol. The van der Waals surface area contributed by atoms with Gasteiger partial charge in [-0.3, -0.25) is 0 Å². The molecule has 0 aliphatic rings. The van der Waals surface area contributed by atoms with Gasteiger partial charge in [-0.25, -0.2) is 0 Å². The Kier molecular flexibility index (Phi) is 2.72. The molecule has 0 aliphatic carbocycles. The second kappa shape index (κ2) is 3.94. The third-order valence-electron chi connectivity index (χ3n) is 3.10. The molecule has 0 radical (unpaired) electrons. The highest BCUT2D eigenvalue weighted by Gasteiger charge is 2.26. The lowest BCUT2D eigenvalue weighted by Crippen LogP contribution is -2.19. The van der Waals surface area contributed by atoms with Crippen LogP contribution >= 0.6 is 0 Å². The van der Waals surface area contributed by atoms with E-state index >= 15 is 0 Å². The van der Waals surface area contributed by atoms with E-state index in [1.165, 1.54) is 0 Å². The molecule has 0 fully saturated rings. The Balaban J connectivity index is 2.79. The molecule has 86 valence electrons. The zero-order valence-electron chi connectivity index (χ0n) is 10.3. The van der Waals surface area contributed by atoms with Crippen molar-refractivity contribution in [1.29, 1.82) is 5.26 Å². The molecule has 2 aromatic rings. The van der Waals surface area contributed by atoms with Gasteiger partial charge in [-0.05, 0) is 38.5 Å². The van der Waals surface area contributed by atoms with Crippen molar-refractivity contribution in [1.82, 2.24) is 4.48 Å². The van der Waals surface area contributed by atoms with Crippen LogP contribution in [0.5, 0.6) is 0 Å². The largest absolute Gasteiger partial charge is 0.432 e. The van der Waals surface area contributed by atoms with Gasteiger partial charge in [-0.15, -0.1) is 0 Å². The Morgan fingerprint density at radius 2 is 2.00 bits per heavy atom. The smallest absolute Gasteiger partial charge is 0.413 e. The fraction of sp³-hybridized carbons (Fsp3) is 0.308. The van der Waals surface area contributed by atoms with Gasteiger partial charge in [0.15, 0.2) is 0 Å². The van der Waals surface area contributed by atoms with Crippen molar-refractivity contribution in [3.8, 4) is 6.07 Å². The molecule has 0 bridgehead atoms. The first-order chi connectivity index (χ1) is 7.97. The van der Waals surface area contributed by atoms with E-state index in [-0.39, 0.29) is 0 Å². The van der Waals surface area contributed by atoms with Crippen LogP contribution in [0.3, 0.4) is 0 Å². The number of para-hydroxylation sites is 1. The van der Waals surface area contributed by atoms with Gasteiger partial charge in [0.2, 0.25) is 0 Å². The summed E-state index contributed by atoms with van der Waals surface area (Å²) in [6.07, 6.45) is 1.87. The summed E-state index contributed by atoms with van der Waals surface area (Å²) in [6.45, 7) is 5.50. The number of nitrogens with zero attached hydrogens (tertiary/aromatic N) is 2. The van der Waals surface area contributed by atoms with Crippen LogP contribution in [0.25, 0.3) is 10.9 Å².